The maximum Gasteiger partial charge on any atom is 0.223 e. The molecule has 0 bridgehead atoms. The summed E-state index contributed by atoms with van der Waals surface area (Å²) in [5, 5.41) is 7.49. The summed E-state index contributed by atoms with van der Waals surface area (Å²) >= 11 is 1.74. The second-order valence-corrected chi connectivity index (χ2v) is 6.16. The Morgan fingerprint density at radius 1 is 1.44 bits per heavy atom. The fraction of sp³-hybridized carbons (Fsp3) is 0.692. The number of aryl methyl sites for hydroxylation is 2. The molecule has 1 unspecified atom stereocenters. The molecule has 1 fully saturated rings. The Hall–Kier alpha value is -0.940. The average Bonchev–Trinajstić information content (AvgIpc) is 3.10. The van der Waals surface area contributed by atoms with Crippen LogP contribution < -0.4 is 10.6 Å². The molecule has 5 heteroatoms. The highest BCUT2D eigenvalue weighted by atomic mass is 32.1. The van der Waals surface area contributed by atoms with Gasteiger partial charge in [-0.15, -0.1) is 11.3 Å². The van der Waals surface area contributed by atoms with Crippen molar-refractivity contribution in [2.75, 3.05) is 13.1 Å². The highest BCUT2D eigenvalue weighted by Gasteiger charge is 2.28. The van der Waals surface area contributed by atoms with Crippen LogP contribution in [0.1, 0.15) is 41.4 Å². The molecular weight excluding hydrogens is 246 g/mol. The van der Waals surface area contributed by atoms with Crippen LogP contribution in [0.2, 0.25) is 0 Å². The zero-order valence-corrected chi connectivity index (χ0v) is 12.1. The molecule has 1 saturated carbocycles. The van der Waals surface area contributed by atoms with Crippen molar-refractivity contribution in [3.05, 3.63) is 15.6 Å². The van der Waals surface area contributed by atoms with Crippen LogP contribution in [0.4, 0.5) is 0 Å². The summed E-state index contributed by atoms with van der Waals surface area (Å²) in [5.41, 5.74) is 1.11. The largest absolute Gasteiger partial charge is 0.355 e. The topological polar surface area (TPSA) is 54.0 Å². The molecular formula is C13H21N3OS. The van der Waals surface area contributed by atoms with Crippen molar-refractivity contribution >= 4 is 17.2 Å². The number of hydrogen-bond donors (Lipinski definition) is 2. The third kappa shape index (κ3) is 3.53. The molecule has 4 nitrogen and oxygen atoms in total. The van der Waals surface area contributed by atoms with E-state index in [0.717, 1.165) is 30.1 Å². The number of hydrogen-bond acceptors (Lipinski definition) is 4. The van der Waals surface area contributed by atoms with Crippen LogP contribution in [0.5, 0.6) is 0 Å². The first-order valence-electron chi connectivity index (χ1n) is 6.53. The number of thiazole rings is 1. The second kappa shape index (κ2) is 5.80. The van der Waals surface area contributed by atoms with E-state index in [1.807, 2.05) is 13.8 Å². The van der Waals surface area contributed by atoms with Crippen molar-refractivity contribution in [1.82, 2.24) is 15.6 Å². The highest BCUT2D eigenvalue weighted by molar-refractivity contribution is 7.11. The van der Waals surface area contributed by atoms with Gasteiger partial charge in [0, 0.05) is 29.9 Å². The molecule has 0 aromatic carbocycles. The molecule has 1 aliphatic rings. The summed E-state index contributed by atoms with van der Waals surface area (Å²) in [7, 11) is 0. The molecule has 18 heavy (non-hydrogen) atoms. The van der Waals surface area contributed by atoms with E-state index in [4.69, 9.17) is 0 Å². The van der Waals surface area contributed by atoms with E-state index in [2.05, 4.69) is 22.5 Å². The van der Waals surface area contributed by atoms with Crippen LogP contribution in [0, 0.1) is 19.8 Å². The highest BCUT2D eigenvalue weighted by Crippen LogP contribution is 2.28. The normalized spacial score (nSPS) is 16.6. The summed E-state index contributed by atoms with van der Waals surface area (Å²) in [4.78, 5) is 17.2. The van der Waals surface area contributed by atoms with E-state index < -0.39 is 0 Å². The van der Waals surface area contributed by atoms with Gasteiger partial charge in [0.05, 0.1) is 10.7 Å². The van der Waals surface area contributed by atoms with Crippen molar-refractivity contribution in [3.8, 4) is 0 Å². The van der Waals surface area contributed by atoms with Crippen molar-refractivity contribution in [1.29, 1.82) is 0 Å². The minimum Gasteiger partial charge on any atom is -0.355 e. The quantitative estimate of drug-likeness (QED) is 0.774. The molecule has 1 aromatic heterocycles. The maximum absolute atomic E-state index is 11.4. The Kier molecular flexibility index (Phi) is 4.35. The molecule has 2 rings (SSSR count). The first-order chi connectivity index (χ1) is 8.58. The van der Waals surface area contributed by atoms with E-state index in [9.17, 15) is 4.79 Å². The lowest BCUT2D eigenvalue weighted by molar-refractivity contribution is -0.122. The van der Waals surface area contributed by atoms with E-state index in [0.29, 0.717) is 18.5 Å². The predicted octanol–water partition coefficient (Wildman–Crippen LogP) is 1.94. The molecule has 2 N–H and O–H groups in total. The number of carbonyl (C=O) groups is 1. The lowest BCUT2D eigenvalue weighted by Crippen LogP contribution is -2.33. The molecule has 100 valence electrons. The van der Waals surface area contributed by atoms with Gasteiger partial charge in [0.25, 0.3) is 0 Å². The van der Waals surface area contributed by atoms with Gasteiger partial charge in [-0.3, -0.25) is 4.79 Å². The van der Waals surface area contributed by atoms with Gasteiger partial charge in [-0.2, -0.15) is 0 Å². The molecule has 0 spiro atoms. The van der Waals surface area contributed by atoms with Crippen LogP contribution in [0.25, 0.3) is 0 Å². The van der Waals surface area contributed by atoms with Gasteiger partial charge in [0.2, 0.25) is 5.91 Å². The molecule has 0 aliphatic heterocycles. The minimum absolute atomic E-state index is 0.217. The van der Waals surface area contributed by atoms with Crippen molar-refractivity contribution in [2.24, 2.45) is 5.92 Å². The lowest BCUT2D eigenvalue weighted by Gasteiger charge is -2.13. The van der Waals surface area contributed by atoms with Crippen LogP contribution >= 0.6 is 11.3 Å². The van der Waals surface area contributed by atoms with Crippen molar-refractivity contribution in [2.45, 2.75) is 39.7 Å². The molecule has 1 heterocycles. The van der Waals surface area contributed by atoms with E-state index >= 15 is 0 Å². The third-order valence-electron chi connectivity index (χ3n) is 3.16. The maximum atomic E-state index is 11.4. The van der Waals surface area contributed by atoms with Gasteiger partial charge in [-0.05, 0) is 33.6 Å². The molecule has 0 saturated heterocycles. The SMILES string of the molecule is Cc1nc(C)c(C(C)NCCNC(=O)C2CC2)s1. The van der Waals surface area contributed by atoms with Crippen molar-refractivity contribution < 1.29 is 4.79 Å². The van der Waals surface area contributed by atoms with Gasteiger partial charge in [0.1, 0.15) is 0 Å². The fourth-order valence-corrected chi connectivity index (χ4v) is 2.96. The second-order valence-electron chi connectivity index (χ2n) is 4.92. The zero-order chi connectivity index (χ0) is 13.1. The van der Waals surface area contributed by atoms with E-state index in [1.165, 1.54) is 4.88 Å². The van der Waals surface area contributed by atoms with Gasteiger partial charge in [0.15, 0.2) is 0 Å². The number of amides is 1. The number of rotatable bonds is 6. The van der Waals surface area contributed by atoms with Crippen LogP contribution in [0.15, 0.2) is 0 Å². The molecule has 1 aliphatic carbocycles. The lowest BCUT2D eigenvalue weighted by atomic mass is 10.2. The fourth-order valence-electron chi connectivity index (χ4n) is 2.01. The number of carbonyl (C=O) groups excluding carboxylic acids is 1. The Bertz CT molecular complexity index is 426. The third-order valence-corrected chi connectivity index (χ3v) is 4.41. The smallest absolute Gasteiger partial charge is 0.223 e. The van der Waals surface area contributed by atoms with Gasteiger partial charge in [-0.1, -0.05) is 0 Å². The number of nitrogens with zero attached hydrogens (tertiary/aromatic N) is 1. The Morgan fingerprint density at radius 2 is 2.17 bits per heavy atom. The predicted molar refractivity (Wildman–Crippen MR) is 73.7 cm³/mol. The number of aromatic nitrogens is 1. The van der Waals surface area contributed by atoms with Crippen LogP contribution in [-0.4, -0.2) is 24.0 Å². The van der Waals surface area contributed by atoms with Crippen LogP contribution in [-0.2, 0) is 4.79 Å². The van der Waals surface area contributed by atoms with Crippen molar-refractivity contribution in [3.63, 3.8) is 0 Å². The summed E-state index contributed by atoms with van der Waals surface area (Å²) < 4.78 is 0. The average molecular weight is 267 g/mol. The molecule has 1 aromatic rings. The standard InChI is InChI=1S/C13H21N3OS/c1-8(12-9(2)16-10(3)18-12)14-6-7-15-13(17)11-4-5-11/h8,11,14H,4-7H2,1-3H3,(H,15,17). The van der Waals surface area contributed by atoms with Gasteiger partial charge >= 0.3 is 0 Å². The zero-order valence-electron chi connectivity index (χ0n) is 11.2. The number of nitrogens with one attached hydrogen (secondary N) is 2. The first kappa shape index (κ1) is 13.5. The Balaban J connectivity index is 1.69. The summed E-state index contributed by atoms with van der Waals surface area (Å²) in [5.74, 6) is 0.517. The van der Waals surface area contributed by atoms with Gasteiger partial charge in [-0.25, -0.2) is 4.98 Å². The monoisotopic (exact) mass is 267 g/mol. The van der Waals surface area contributed by atoms with E-state index in [1.54, 1.807) is 11.3 Å². The van der Waals surface area contributed by atoms with E-state index in [-0.39, 0.29) is 5.91 Å². The minimum atomic E-state index is 0.217. The van der Waals surface area contributed by atoms with Crippen LogP contribution in [0.3, 0.4) is 0 Å². The summed E-state index contributed by atoms with van der Waals surface area (Å²) in [6.45, 7) is 7.73. The summed E-state index contributed by atoms with van der Waals surface area (Å²) in [6, 6.07) is 0.300. The summed E-state index contributed by atoms with van der Waals surface area (Å²) in [6.07, 6.45) is 2.13. The molecule has 1 atom stereocenters. The molecule has 0 radical (unpaired) electrons. The van der Waals surface area contributed by atoms with Gasteiger partial charge < -0.3 is 10.6 Å². The molecule has 1 amide bonds. The Labute approximate surface area is 112 Å². The first-order valence-corrected chi connectivity index (χ1v) is 7.34. The Morgan fingerprint density at radius 3 is 2.72 bits per heavy atom.